The predicted molar refractivity (Wildman–Crippen MR) is 88.1 cm³/mol. The van der Waals surface area contributed by atoms with Crippen LogP contribution in [0.4, 0.5) is 17.6 Å². The first-order valence-corrected chi connectivity index (χ1v) is 9.04. The normalized spacial score (nSPS) is 13.5. The van der Waals surface area contributed by atoms with Gasteiger partial charge in [-0.2, -0.15) is 13.2 Å². The molecule has 0 aromatic heterocycles. The van der Waals surface area contributed by atoms with Gasteiger partial charge in [0.1, 0.15) is 0 Å². The second-order valence-corrected chi connectivity index (χ2v) is 7.49. The van der Waals surface area contributed by atoms with E-state index in [4.69, 9.17) is 16.3 Å². The Balaban J connectivity index is 2.39. The zero-order valence-corrected chi connectivity index (χ0v) is 15.1. The van der Waals surface area contributed by atoms with Crippen LogP contribution in [0.2, 0.25) is 5.02 Å². The van der Waals surface area contributed by atoms with Crippen molar-refractivity contribution in [3.8, 4) is 5.75 Å². The quantitative estimate of drug-likeness (QED) is 0.734. The van der Waals surface area contributed by atoms with Crippen LogP contribution in [0.3, 0.4) is 0 Å². The Morgan fingerprint density at radius 1 is 1.15 bits per heavy atom. The maximum atomic E-state index is 13.8. The third-order valence-electron chi connectivity index (χ3n) is 3.54. The summed E-state index contributed by atoms with van der Waals surface area (Å²) in [4.78, 5) is -0.963. The van der Waals surface area contributed by atoms with Gasteiger partial charge in [-0.05, 0) is 42.8 Å². The molecule has 142 valence electrons. The molecular weight excluding hydrogens is 398 g/mol. The molecule has 0 unspecified atom stereocenters. The first kappa shape index (κ1) is 20.5. The van der Waals surface area contributed by atoms with Crippen molar-refractivity contribution >= 4 is 21.6 Å². The van der Waals surface area contributed by atoms with Crippen LogP contribution in [0.25, 0.3) is 0 Å². The molecule has 10 heteroatoms. The number of nitrogens with one attached hydrogen (secondary N) is 1. The highest BCUT2D eigenvalue weighted by atomic mass is 35.5. The van der Waals surface area contributed by atoms with Gasteiger partial charge in [0.2, 0.25) is 10.0 Å². The van der Waals surface area contributed by atoms with Crippen LogP contribution in [-0.2, 0) is 16.2 Å². The summed E-state index contributed by atoms with van der Waals surface area (Å²) in [6.07, 6.45) is -4.91. The van der Waals surface area contributed by atoms with Crippen LogP contribution >= 0.6 is 11.6 Å². The Kier molecular flexibility index (Phi) is 5.84. The topological polar surface area (TPSA) is 55.4 Å². The van der Waals surface area contributed by atoms with Gasteiger partial charge in [-0.25, -0.2) is 17.5 Å². The number of rotatable bonds is 5. The molecule has 1 N–H and O–H groups in total. The molecule has 0 aliphatic rings. The van der Waals surface area contributed by atoms with E-state index in [1.807, 2.05) is 0 Å². The minimum Gasteiger partial charge on any atom is -0.494 e. The molecule has 0 radical (unpaired) electrons. The van der Waals surface area contributed by atoms with Crippen LogP contribution in [-0.4, -0.2) is 15.5 Å². The summed E-state index contributed by atoms with van der Waals surface area (Å²) in [5.41, 5.74) is -1.17. The van der Waals surface area contributed by atoms with E-state index in [1.165, 1.54) is 26.2 Å². The van der Waals surface area contributed by atoms with Crippen molar-refractivity contribution in [3.05, 3.63) is 58.4 Å². The number of alkyl halides is 3. The molecular formula is C16H14ClF4NO3S. The van der Waals surface area contributed by atoms with Crippen LogP contribution in [0.15, 0.2) is 41.3 Å². The van der Waals surface area contributed by atoms with Gasteiger partial charge in [0.05, 0.1) is 17.6 Å². The number of hydrogen-bond acceptors (Lipinski definition) is 3. The van der Waals surface area contributed by atoms with Gasteiger partial charge in [-0.3, -0.25) is 0 Å². The lowest BCUT2D eigenvalue weighted by molar-refractivity contribution is -0.139. The minimum absolute atomic E-state index is 0.0409. The van der Waals surface area contributed by atoms with Gasteiger partial charge >= 0.3 is 6.18 Å². The van der Waals surface area contributed by atoms with E-state index >= 15 is 0 Å². The lowest BCUT2D eigenvalue weighted by Crippen LogP contribution is -2.29. The van der Waals surface area contributed by atoms with Gasteiger partial charge in [-0.1, -0.05) is 17.7 Å². The fraction of sp³-hybridized carbons (Fsp3) is 0.250. The summed E-state index contributed by atoms with van der Waals surface area (Å²) in [7, 11) is -3.28. The Labute approximate surface area is 152 Å². The highest BCUT2D eigenvalue weighted by Gasteiger charge is 2.37. The van der Waals surface area contributed by atoms with Crippen LogP contribution in [0.5, 0.6) is 5.75 Å². The van der Waals surface area contributed by atoms with Gasteiger partial charge in [0, 0.05) is 11.1 Å². The third kappa shape index (κ3) is 4.46. The zero-order valence-electron chi connectivity index (χ0n) is 13.6. The molecule has 0 aliphatic carbocycles. The number of ether oxygens (including phenoxy) is 1. The first-order valence-electron chi connectivity index (χ1n) is 7.18. The summed E-state index contributed by atoms with van der Waals surface area (Å²) in [5, 5.41) is -0.249. The van der Waals surface area contributed by atoms with Crippen LogP contribution in [0, 0.1) is 5.82 Å². The molecule has 4 nitrogen and oxygen atoms in total. The molecule has 2 aromatic rings. The molecule has 0 heterocycles. The third-order valence-corrected chi connectivity index (χ3v) is 5.38. The second-order valence-electron chi connectivity index (χ2n) is 5.38. The number of hydrogen-bond donors (Lipinski definition) is 1. The van der Waals surface area contributed by atoms with Crippen molar-refractivity contribution in [2.75, 3.05) is 7.11 Å². The fourth-order valence-corrected chi connectivity index (χ4v) is 3.89. The average molecular weight is 412 g/mol. The maximum Gasteiger partial charge on any atom is 0.417 e. The number of halogens is 5. The summed E-state index contributed by atoms with van der Waals surface area (Å²) < 4.78 is 84.9. The van der Waals surface area contributed by atoms with Gasteiger partial charge < -0.3 is 4.74 Å². The molecule has 0 spiro atoms. The van der Waals surface area contributed by atoms with Crippen molar-refractivity contribution in [2.24, 2.45) is 0 Å². The Morgan fingerprint density at radius 3 is 2.35 bits per heavy atom. The van der Waals surface area contributed by atoms with Crippen molar-refractivity contribution in [1.82, 2.24) is 4.72 Å². The van der Waals surface area contributed by atoms with E-state index in [1.54, 1.807) is 0 Å². The first-order chi connectivity index (χ1) is 12.0. The van der Waals surface area contributed by atoms with Crippen LogP contribution in [0.1, 0.15) is 24.1 Å². The second kappa shape index (κ2) is 7.42. The SMILES string of the molecule is COc1ccc([C@@H](C)NS(=O)(=O)c2ccc(Cl)cc2C(F)(F)F)cc1F. The molecule has 0 amide bonds. The molecule has 0 bridgehead atoms. The molecule has 26 heavy (non-hydrogen) atoms. The summed E-state index contributed by atoms with van der Waals surface area (Å²) >= 11 is 5.55. The largest absolute Gasteiger partial charge is 0.494 e. The van der Waals surface area contributed by atoms with Gasteiger partial charge in [0.25, 0.3) is 0 Å². The van der Waals surface area contributed by atoms with E-state index in [-0.39, 0.29) is 16.3 Å². The van der Waals surface area contributed by atoms with E-state index < -0.39 is 38.5 Å². The van der Waals surface area contributed by atoms with Crippen LogP contribution < -0.4 is 9.46 Å². The monoisotopic (exact) mass is 411 g/mol. The number of sulfonamides is 1. The lowest BCUT2D eigenvalue weighted by atomic mass is 10.1. The summed E-state index contributed by atoms with van der Waals surface area (Å²) in [6, 6.07) is 5.10. The number of benzene rings is 2. The summed E-state index contributed by atoms with van der Waals surface area (Å²) in [5.74, 6) is -0.764. The van der Waals surface area contributed by atoms with Crippen molar-refractivity contribution in [1.29, 1.82) is 0 Å². The predicted octanol–water partition coefficient (Wildman–Crippen LogP) is 4.55. The Bertz CT molecular complexity index is 916. The highest BCUT2D eigenvalue weighted by Crippen LogP contribution is 2.36. The molecule has 0 saturated heterocycles. The molecule has 0 saturated carbocycles. The van der Waals surface area contributed by atoms with Crippen molar-refractivity contribution in [2.45, 2.75) is 24.0 Å². The van der Waals surface area contributed by atoms with Crippen molar-refractivity contribution in [3.63, 3.8) is 0 Å². The fourth-order valence-electron chi connectivity index (χ4n) is 2.27. The minimum atomic E-state index is -4.91. The van der Waals surface area contributed by atoms with E-state index in [0.29, 0.717) is 6.07 Å². The molecule has 1 atom stereocenters. The smallest absolute Gasteiger partial charge is 0.417 e. The molecule has 0 fully saturated rings. The molecule has 0 aliphatic heterocycles. The average Bonchev–Trinajstić information content (AvgIpc) is 2.53. The van der Waals surface area contributed by atoms with Gasteiger partial charge in [-0.15, -0.1) is 0 Å². The molecule has 2 aromatic carbocycles. The van der Waals surface area contributed by atoms with Crippen molar-refractivity contribution < 1.29 is 30.7 Å². The maximum absolute atomic E-state index is 13.8. The van der Waals surface area contributed by atoms with E-state index in [9.17, 15) is 26.0 Å². The Morgan fingerprint density at radius 2 is 1.81 bits per heavy atom. The highest BCUT2D eigenvalue weighted by molar-refractivity contribution is 7.89. The number of methoxy groups -OCH3 is 1. The van der Waals surface area contributed by atoms with E-state index in [2.05, 4.69) is 4.72 Å². The molecule has 2 rings (SSSR count). The van der Waals surface area contributed by atoms with E-state index in [0.717, 1.165) is 18.2 Å². The Hall–Kier alpha value is -1.84. The lowest BCUT2D eigenvalue weighted by Gasteiger charge is -2.18. The van der Waals surface area contributed by atoms with Gasteiger partial charge in [0.15, 0.2) is 11.6 Å². The zero-order chi connectivity index (χ0) is 19.7. The summed E-state index contributed by atoms with van der Waals surface area (Å²) in [6.45, 7) is 1.38. The standard InChI is InChI=1S/C16H14ClF4NO3S/c1-9(10-3-5-14(25-2)13(18)7-10)22-26(23,24)15-6-4-11(17)8-12(15)16(19,20)21/h3-9,22H,1-2H3/t9-/m1/s1.